The zero-order chi connectivity index (χ0) is 19.7. The summed E-state index contributed by atoms with van der Waals surface area (Å²) in [6.45, 7) is 3.94. The number of benzene rings is 2. The molecule has 1 aliphatic rings. The lowest BCUT2D eigenvalue weighted by atomic mass is 10.1. The van der Waals surface area contributed by atoms with E-state index >= 15 is 0 Å². The highest BCUT2D eigenvalue weighted by Crippen LogP contribution is 2.38. The third-order valence-electron chi connectivity index (χ3n) is 4.51. The molecule has 1 heterocycles. The molecule has 0 aliphatic carbocycles. The molecule has 7 heteroatoms. The Kier molecular flexibility index (Phi) is 5.05. The van der Waals surface area contributed by atoms with Crippen molar-refractivity contribution in [2.24, 2.45) is 0 Å². The Morgan fingerprint density at radius 2 is 1.78 bits per heavy atom. The molecule has 2 aromatic rings. The number of nitrogens with one attached hydrogen (secondary N) is 1. The predicted molar refractivity (Wildman–Crippen MR) is 108 cm³/mol. The van der Waals surface area contributed by atoms with Crippen LogP contribution >= 0.6 is 12.2 Å². The number of amides is 1. The molecule has 1 saturated heterocycles. The number of phenolic OH excluding ortho intramolecular Hbond substituents is 1. The van der Waals surface area contributed by atoms with Crippen molar-refractivity contribution in [3.63, 3.8) is 0 Å². The van der Waals surface area contributed by atoms with Crippen molar-refractivity contribution in [2.75, 3.05) is 19.1 Å². The van der Waals surface area contributed by atoms with Gasteiger partial charge >= 0.3 is 0 Å². The molecule has 2 N–H and O–H groups in total. The molecule has 1 amide bonds. The van der Waals surface area contributed by atoms with Crippen molar-refractivity contribution in [3.05, 3.63) is 52.7 Å². The molecule has 27 heavy (non-hydrogen) atoms. The molecule has 0 aromatic heterocycles. The summed E-state index contributed by atoms with van der Waals surface area (Å²) in [6.07, 6.45) is 1.64. The number of nitrogens with zero attached hydrogens (tertiary/aromatic N) is 1. The van der Waals surface area contributed by atoms with Crippen LogP contribution in [-0.2, 0) is 4.79 Å². The zero-order valence-corrected chi connectivity index (χ0v) is 16.3. The van der Waals surface area contributed by atoms with E-state index in [1.54, 1.807) is 18.2 Å². The fourth-order valence-electron chi connectivity index (χ4n) is 2.90. The highest BCUT2D eigenvalue weighted by molar-refractivity contribution is 7.80. The minimum atomic E-state index is -0.250. The van der Waals surface area contributed by atoms with E-state index in [0.717, 1.165) is 16.8 Å². The van der Waals surface area contributed by atoms with Crippen LogP contribution < -0.4 is 19.7 Å². The first-order chi connectivity index (χ1) is 12.9. The van der Waals surface area contributed by atoms with Crippen LogP contribution in [0, 0.1) is 13.8 Å². The lowest BCUT2D eigenvalue weighted by Crippen LogP contribution is -2.31. The van der Waals surface area contributed by atoms with Crippen LogP contribution in [0.5, 0.6) is 17.2 Å². The summed E-state index contributed by atoms with van der Waals surface area (Å²) in [5.74, 6) is 0.154. The van der Waals surface area contributed by atoms with Crippen LogP contribution in [0.3, 0.4) is 0 Å². The zero-order valence-electron chi connectivity index (χ0n) is 15.5. The first kappa shape index (κ1) is 18.7. The fourth-order valence-corrected chi connectivity index (χ4v) is 3.19. The number of hydrogen-bond acceptors (Lipinski definition) is 5. The van der Waals surface area contributed by atoms with Gasteiger partial charge in [0, 0.05) is 0 Å². The minimum absolute atomic E-state index is 0.0969. The van der Waals surface area contributed by atoms with Crippen LogP contribution in [0.1, 0.15) is 16.7 Å². The predicted octanol–water partition coefficient (Wildman–Crippen LogP) is 3.29. The number of thiocarbonyl (C=S) groups is 1. The maximum atomic E-state index is 13.0. The summed E-state index contributed by atoms with van der Waals surface area (Å²) in [4.78, 5) is 14.4. The van der Waals surface area contributed by atoms with Gasteiger partial charge in [0.2, 0.25) is 5.75 Å². The number of phenols is 1. The van der Waals surface area contributed by atoms with Gasteiger partial charge in [0.05, 0.1) is 19.9 Å². The summed E-state index contributed by atoms with van der Waals surface area (Å²) in [5.41, 5.74) is 3.78. The Labute approximate surface area is 163 Å². The van der Waals surface area contributed by atoms with Crippen LogP contribution in [0.2, 0.25) is 0 Å². The Hall–Kier alpha value is -3.06. The van der Waals surface area contributed by atoms with Gasteiger partial charge in [-0.25, -0.2) is 0 Å². The van der Waals surface area contributed by atoms with Crippen molar-refractivity contribution in [1.29, 1.82) is 0 Å². The third kappa shape index (κ3) is 3.33. The van der Waals surface area contributed by atoms with E-state index in [1.165, 1.54) is 19.1 Å². The average molecular weight is 384 g/mol. The number of carbonyl (C=O) groups is 1. The van der Waals surface area contributed by atoms with Gasteiger partial charge < -0.3 is 19.9 Å². The van der Waals surface area contributed by atoms with Crippen molar-refractivity contribution in [3.8, 4) is 17.2 Å². The van der Waals surface area contributed by atoms with Gasteiger partial charge in [-0.15, -0.1) is 0 Å². The maximum Gasteiger partial charge on any atom is 0.281 e. The lowest BCUT2D eigenvalue weighted by molar-refractivity contribution is -0.113. The lowest BCUT2D eigenvalue weighted by Gasteiger charge is -2.18. The van der Waals surface area contributed by atoms with E-state index in [-0.39, 0.29) is 23.2 Å². The molecule has 0 spiro atoms. The second-order valence-corrected chi connectivity index (χ2v) is 6.51. The van der Waals surface area contributed by atoms with E-state index in [1.807, 2.05) is 32.0 Å². The van der Waals surface area contributed by atoms with Crippen molar-refractivity contribution < 1.29 is 19.4 Å². The molecule has 0 atom stereocenters. The molecule has 0 bridgehead atoms. The normalized spacial score (nSPS) is 15.3. The summed E-state index contributed by atoms with van der Waals surface area (Å²) in [5, 5.41) is 13.3. The summed E-state index contributed by atoms with van der Waals surface area (Å²) in [6, 6.07) is 8.98. The van der Waals surface area contributed by atoms with E-state index in [9.17, 15) is 9.90 Å². The number of aryl methyl sites for hydroxylation is 1. The van der Waals surface area contributed by atoms with Crippen LogP contribution in [0.15, 0.2) is 36.0 Å². The summed E-state index contributed by atoms with van der Waals surface area (Å²) in [7, 11) is 2.89. The van der Waals surface area contributed by atoms with Gasteiger partial charge in [0.1, 0.15) is 5.70 Å². The smallest absolute Gasteiger partial charge is 0.281 e. The molecular weight excluding hydrogens is 364 g/mol. The third-order valence-corrected chi connectivity index (χ3v) is 4.79. The SMILES string of the molecule is COc1cc(/C=C2\NC(=S)N(c3cccc(C)c3C)C2=O)cc(OC)c1O. The minimum Gasteiger partial charge on any atom is -0.502 e. The Morgan fingerprint density at radius 3 is 2.37 bits per heavy atom. The van der Waals surface area contributed by atoms with Gasteiger partial charge in [-0.2, -0.15) is 0 Å². The maximum absolute atomic E-state index is 13.0. The monoisotopic (exact) mass is 384 g/mol. The van der Waals surface area contributed by atoms with Crippen molar-refractivity contribution in [1.82, 2.24) is 5.32 Å². The first-order valence-corrected chi connectivity index (χ1v) is 8.66. The van der Waals surface area contributed by atoms with Crippen LogP contribution in [-0.4, -0.2) is 30.3 Å². The molecule has 140 valence electrons. The number of rotatable bonds is 4. The van der Waals surface area contributed by atoms with Crippen LogP contribution in [0.4, 0.5) is 5.69 Å². The Bertz CT molecular complexity index is 943. The molecular formula is C20H20N2O4S. The Balaban J connectivity index is 2.01. The molecule has 6 nitrogen and oxygen atoms in total. The van der Waals surface area contributed by atoms with E-state index in [0.29, 0.717) is 16.4 Å². The second-order valence-electron chi connectivity index (χ2n) is 6.12. The molecule has 1 aliphatic heterocycles. The summed E-state index contributed by atoms with van der Waals surface area (Å²) < 4.78 is 10.3. The van der Waals surface area contributed by atoms with E-state index < -0.39 is 0 Å². The molecule has 0 radical (unpaired) electrons. The number of aromatic hydroxyl groups is 1. The van der Waals surface area contributed by atoms with Gasteiger partial charge in [-0.3, -0.25) is 9.69 Å². The number of hydrogen-bond donors (Lipinski definition) is 2. The molecule has 0 saturated carbocycles. The average Bonchev–Trinajstić information content (AvgIpc) is 2.92. The van der Waals surface area contributed by atoms with E-state index in [2.05, 4.69) is 5.32 Å². The second kappa shape index (κ2) is 7.28. The highest BCUT2D eigenvalue weighted by atomic mass is 32.1. The topological polar surface area (TPSA) is 71.0 Å². The summed E-state index contributed by atoms with van der Waals surface area (Å²) >= 11 is 5.38. The number of ether oxygens (including phenoxy) is 2. The molecule has 2 aromatic carbocycles. The number of carbonyl (C=O) groups excluding carboxylic acids is 1. The van der Waals surface area contributed by atoms with E-state index in [4.69, 9.17) is 21.7 Å². The van der Waals surface area contributed by atoms with Gasteiger partial charge in [0.25, 0.3) is 5.91 Å². The van der Waals surface area contributed by atoms with Gasteiger partial charge in [-0.05, 0) is 67.0 Å². The number of methoxy groups -OCH3 is 2. The van der Waals surface area contributed by atoms with Gasteiger partial charge in [-0.1, -0.05) is 12.1 Å². The highest BCUT2D eigenvalue weighted by Gasteiger charge is 2.33. The number of anilines is 1. The van der Waals surface area contributed by atoms with Crippen molar-refractivity contribution in [2.45, 2.75) is 13.8 Å². The van der Waals surface area contributed by atoms with Crippen molar-refractivity contribution >= 4 is 35.0 Å². The standard InChI is InChI=1S/C20H20N2O4S/c1-11-6-5-7-15(12(11)2)22-19(24)14(21-20(22)27)8-13-9-16(25-3)18(23)17(10-13)26-4/h5-10,23H,1-4H3,(H,21,27)/b14-8-. The Morgan fingerprint density at radius 1 is 1.15 bits per heavy atom. The molecule has 1 fully saturated rings. The van der Waals surface area contributed by atoms with Gasteiger partial charge in [0.15, 0.2) is 16.6 Å². The van der Waals surface area contributed by atoms with Crippen LogP contribution in [0.25, 0.3) is 6.08 Å². The largest absolute Gasteiger partial charge is 0.502 e. The molecule has 3 rings (SSSR count). The quantitative estimate of drug-likeness (QED) is 0.623. The first-order valence-electron chi connectivity index (χ1n) is 8.25. The molecule has 0 unspecified atom stereocenters. The fraction of sp³-hybridized carbons (Fsp3) is 0.200.